The second-order valence-electron chi connectivity index (χ2n) is 4.02. The van der Waals surface area contributed by atoms with Crippen molar-refractivity contribution in [3.8, 4) is 5.75 Å². The molecule has 2 rings (SSSR count). The van der Waals surface area contributed by atoms with Crippen molar-refractivity contribution in [2.24, 2.45) is 0 Å². The van der Waals surface area contributed by atoms with Gasteiger partial charge in [-0.1, -0.05) is 0 Å². The molecule has 0 saturated carbocycles. The molecule has 0 saturated heterocycles. The molecule has 1 unspecified atom stereocenters. The Morgan fingerprint density at radius 1 is 1.39 bits per heavy atom. The lowest BCUT2D eigenvalue weighted by Gasteiger charge is -2.12. The Kier molecular flexibility index (Phi) is 3.99. The highest BCUT2D eigenvalue weighted by molar-refractivity contribution is 5.30. The second-order valence-corrected chi connectivity index (χ2v) is 4.02. The summed E-state index contributed by atoms with van der Waals surface area (Å²) < 4.78 is 23.8. The van der Waals surface area contributed by atoms with Gasteiger partial charge in [-0.05, 0) is 30.7 Å². The van der Waals surface area contributed by atoms with E-state index < -0.39 is 11.9 Å². The molecule has 4 heteroatoms. The zero-order valence-corrected chi connectivity index (χ0v) is 10.1. The fourth-order valence-electron chi connectivity index (χ4n) is 1.79. The highest BCUT2D eigenvalue weighted by atomic mass is 19.1. The van der Waals surface area contributed by atoms with Crippen LogP contribution in [0.2, 0.25) is 0 Å². The van der Waals surface area contributed by atoms with Crippen molar-refractivity contribution in [2.45, 2.75) is 18.9 Å². The Morgan fingerprint density at radius 2 is 2.22 bits per heavy atom. The van der Waals surface area contributed by atoms with Crippen LogP contribution < -0.4 is 4.74 Å². The first kappa shape index (κ1) is 12.6. The third-order valence-corrected chi connectivity index (χ3v) is 2.81. The molecule has 0 aliphatic carbocycles. The summed E-state index contributed by atoms with van der Waals surface area (Å²) >= 11 is 0. The summed E-state index contributed by atoms with van der Waals surface area (Å²) in [4.78, 5) is 0. The summed E-state index contributed by atoms with van der Waals surface area (Å²) in [5, 5.41) is 9.94. The molecule has 0 aliphatic rings. The first-order chi connectivity index (χ1) is 8.70. The molecule has 96 valence electrons. The van der Waals surface area contributed by atoms with Crippen LogP contribution in [0, 0.1) is 5.82 Å². The van der Waals surface area contributed by atoms with Crippen LogP contribution in [0.1, 0.15) is 23.8 Å². The summed E-state index contributed by atoms with van der Waals surface area (Å²) in [6.07, 6.45) is 1.72. The molecule has 0 bridgehead atoms. The van der Waals surface area contributed by atoms with Crippen LogP contribution >= 0.6 is 0 Å². The molecule has 1 aromatic carbocycles. The van der Waals surface area contributed by atoms with E-state index in [1.54, 1.807) is 24.5 Å². The number of benzene rings is 1. The van der Waals surface area contributed by atoms with Crippen LogP contribution in [0.3, 0.4) is 0 Å². The number of rotatable bonds is 5. The van der Waals surface area contributed by atoms with Crippen LogP contribution in [0.25, 0.3) is 0 Å². The van der Waals surface area contributed by atoms with E-state index >= 15 is 0 Å². The van der Waals surface area contributed by atoms with Gasteiger partial charge in [0.05, 0.1) is 19.5 Å². The lowest BCUT2D eigenvalue weighted by molar-refractivity contribution is 0.160. The van der Waals surface area contributed by atoms with Crippen LogP contribution in [-0.4, -0.2) is 12.2 Å². The molecule has 2 aromatic rings. The molecule has 0 spiro atoms. The number of ether oxygens (including phenoxy) is 1. The third-order valence-electron chi connectivity index (χ3n) is 2.81. The minimum Gasteiger partial charge on any atom is -0.497 e. The van der Waals surface area contributed by atoms with Gasteiger partial charge in [-0.25, -0.2) is 4.39 Å². The smallest absolute Gasteiger partial charge is 0.132 e. The van der Waals surface area contributed by atoms with E-state index in [-0.39, 0.29) is 5.56 Å². The molecule has 18 heavy (non-hydrogen) atoms. The van der Waals surface area contributed by atoms with E-state index in [0.29, 0.717) is 18.6 Å². The van der Waals surface area contributed by atoms with Crippen molar-refractivity contribution >= 4 is 0 Å². The SMILES string of the molecule is COc1ccc(C(O)CCc2ccco2)c(F)c1. The van der Waals surface area contributed by atoms with Crippen LogP contribution in [-0.2, 0) is 6.42 Å². The molecule has 3 nitrogen and oxygen atoms in total. The molecule has 1 heterocycles. The lowest BCUT2D eigenvalue weighted by atomic mass is 10.0. The maximum atomic E-state index is 13.7. The maximum absolute atomic E-state index is 13.7. The number of methoxy groups -OCH3 is 1. The van der Waals surface area contributed by atoms with Gasteiger partial charge in [0.1, 0.15) is 17.3 Å². The van der Waals surface area contributed by atoms with E-state index in [9.17, 15) is 9.50 Å². The maximum Gasteiger partial charge on any atom is 0.132 e. The van der Waals surface area contributed by atoms with Gasteiger partial charge in [0, 0.05) is 18.1 Å². The number of aliphatic hydroxyl groups excluding tert-OH is 1. The third kappa shape index (κ3) is 2.90. The highest BCUT2D eigenvalue weighted by Gasteiger charge is 2.14. The summed E-state index contributed by atoms with van der Waals surface area (Å²) in [6, 6.07) is 8.06. The van der Waals surface area contributed by atoms with E-state index in [1.807, 2.05) is 6.07 Å². The van der Waals surface area contributed by atoms with Gasteiger partial charge in [-0.15, -0.1) is 0 Å². The van der Waals surface area contributed by atoms with Crippen molar-refractivity contribution in [1.82, 2.24) is 0 Å². The molecule has 0 amide bonds. The fraction of sp³-hybridized carbons (Fsp3) is 0.286. The molecule has 0 fully saturated rings. The average Bonchev–Trinajstić information content (AvgIpc) is 2.88. The normalized spacial score (nSPS) is 12.4. The van der Waals surface area contributed by atoms with Gasteiger partial charge in [0.15, 0.2) is 0 Å². The van der Waals surface area contributed by atoms with E-state index in [2.05, 4.69) is 0 Å². The van der Waals surface area contributed by atoms with Gasteiger partial charge in [-0.2, -0.15) is 0 Å². The Labute approximate surface area is 105 Å². The summed E-state index contributed by atoms with van der Waals surface area (Å²) in [5.74, 6) is 0.763. The second kappa shape index (κ2) is 5.69. The van der Waals surface area contributed by atoms with Crippen LogP contribution in [0.15, 0.2) is 41.0 Å². The Balaban J connectivity index is 2.02. The van der Waals surface area contributed by atoms with Gasteiger partial charge in [-0.3, -0.25) is 0 Å². The molecule has 0 aliphatic heterocycles. The monoisotopic (exact) mass is 250 g/mol. The zero-order valence-electron chi connectivity index (χ0n) is 10.1. The molecule has 1 atom stereocenters. The first-order valence-electron chi connectivity index (χ1n) is 5.74. The predicted octanol–water partition coefficient (Wildman–Crippen LogP) is 3.09. The molecule has 0 radical (unpaired) electrons. The largest absolute Gasteiger partial charge is 0.497 e. The van der Waals surface area contributed by atoms with Crippen molar-refractivity contribution in [1.29, 1.82) is 0 Å². The lowest BCUT2D eigenvalue weighted by Crippen LogP contribution is -2.02. The predicted molar refractivity (Wildman–Crippen MR) is 64.9 cm³/mol. The van der Waals surface area contributed by atoms with Crippen molar-refractivity contribution in [3.05, 3.63) is 53.7 Å². The zero-order chi connectivity index (χ0) is 13.0. The van der Waals surface area contributed by atoms with Crippen LogP contribution in [0.5, 0.6) is 5.75 Å². The Hall–Kier alpha value is -1.81. The van der Waals surface area contributed by atoms with Gasteiger partial charge in [0.25, 0.3) is 0 Å². The number of aryl methyl sites for hydroxylation is 1. The number of halogens is 1. The minimum atomic E-state index is -0.846. The van der Waals surface area contributed by atoms with Gasteiger partial charge >= 0.3 is 0 Å². The Bertz CT molecular complexity index is 494. The first-order valence-corrected chi connectivity index (χ1v) is 5.74. The van der Waals surface area contributed by atoms with Crippen molar-refractivity contribution in [3.63, 3.8) is 0 Å². The van der Waals surface area contributed by atoms with Gasteiger partial charge < -0.3 is 14.3 Å². The van der Waals surface area contributed by atoms with E-state index in [1.165, 1.54) is 13.2 Å². The van der Waals surface area contributed by atoms with Crippen molar-refractivity contribution < 1.29 is 18.7 Å². The highest BCUT2D eigenvalue weighted by Crippen LogP contribution is 2.25. The van der Waals surface area contributed by atoms with Crippen molar-refractivity contribution in [2.75, 3.05) is 7.11 Å². The molecular weight excluding hydrogens is 235 g/mol. The number of hydrogen-bond donors (Lipinski definition) is 1. The standard InChI is InChI=1S/C14H15FO3/c1-17-11-4-6-12(13(15)9-11)14(16)7-5-10-3-2-8-18-10/h2-4,6,8-9,14,16H,5,7H2,1H3. The number of furan rings is 1. The summed E-state index contributed by atoms with van der Waals surface area (Å²) in [5.41, 5.74) is 0.280. The summed E-state index contributed by atoms with van der Waals surface area (Å²) in [7, 11) is 1.47. The summed E-state index contributed by atoms with van der Waals surface area (Å²) in [6.45, 7) is 0. The quantitative estimate of drug-likeness (QED) is 0.886. The average molecular weight is 250 g/mol. The minimum absolute atomic E-state index is 0.280. The van der Waals surface area contributed by atoms with Crippen LogP contribution in [0.4, 0.5) is 4.39 Å². The molecular formula is C14H15FO3. The molecule has 1 aromatic heterocycles. The topological polar surface area (TPSA) is 42.6 Å². The Morgan fingerprint density at radius 3 is 2.83 bits per heavy atom. The fourth-order valence-corrected chi connectivity index (χ4v) is 1.79. The number of hydrogen-bond acceptors (Lipinski definition) is 3. The number of aliphatic hydroxyl groups is 1. The van der Waals surface area contributed by atoms with E-state index in [4.69, 9.17) is 9.15 Å². The molecule has 1 N–H and O–H groups in total. The van der Waals surface area contributed by atoms with E-state index in [0.717, 1.165) is 5.76 Å². The van der Waals surface area contributed by atoms with Gasteiger partial charge in [0.2, 0.25) is 0 Å².